The van der Waals surface area contributed by atoms with Crippen molar-refractivity contribution in [2.45, 2.75) is 6.10 Å². The molecular weight excluding hydrogens is 318 g/mol. The highest BCUT2D eigenvalue weighted by atomic mass is 16.5. The molecule has 2 aromatic carbocycles. The Morgan fingerprint density at radius 1 is 1.20 bits per heavy atom. The highest BCUT2D eigenvalue weighted by molar-refractivity contribution is 5.91. The molecule has 25 heavy (non-hydrogen) atoms. The maximum atomic E-state index is 12.1. The number of anilines is 1. The summed E-state index contributed by atoms with van der Waals surface area (Å²) in [5.74, 6) is 0.576. The highest BCUT2D eigenvalue weighted by Gasteiger charge is 2.15. The highest BCUT2D eigenvalue weighted by Crippen LogP contribution is 2.26. The first-order chi connectivity index (χ1) is 12.1. The first-order valence-electron chi connectivity index (χ1n) is 8.00. The van der Waals surface area contributed by atoms with Gasteiger partial charge in [0.25, 0.3) is 0 Å². The zero-order valence-corrected chi connectivity index (χ0v) is 14.2. The van der Waals surface area contributed by atoms with Crippen molar-refractivity contribution in [3.8, 4) is 5.75 Å². The predicted molar refractivity (Wildman–Crippen MR) is 97.9 cm³/mol. The fourth-order valence-corrected chi connectivity index (χ4v) is 2.85. The monoisotopic (exact) mass is 339 g/mol. The van der Waals surface area contributed by atoms with E-state index in [9.17, 15) is 9.90 Å². The van der Waals surface area contributed by atoms with E-state index >= 15 is 0 Å². The number of nitrogens with zero attached hydrogens (tertiary/aromatic N) is 1. The molecule has 6 nitrogen and oxygen atoms in total. The predicted octanol–water partition coefficient (Wildman–Crippen LogP) is 3.04. The van der Waals surface area contributed by atoms with E-state index in [0.717, 1.165) is 16.5 Å². The summed E-state index contributed by atoms with van der Waals surface area (Å²) in [5, 5.41) is 16.9. The minimum Gasteiger partial charge on any atom is -0.495 e. The molecule has 1 heterocycles. The van der Waals surface area contributed by atoms with Crippen molar-refractivity contribution in [2.24, 2.45) is 7.05 Å². The molecule has 0 bridgehead atoms. The summed E-state index contributed by atoms with van der Waals surface area (Å²) in [4.78, 5) is 12.1. The number of fused-ring (bicyclic) bond motifs is 1. The van der Waals surface area contributed by atoms with Crippen LogP contribution >= 0.6 is 0 Å². The maximum Gasteiger partial charge on any atom is 0.319 e. The number of rotatable bonds is 5. The van der Waals surface area contributed by atoms with Gasteiger partial charge in [-0.05, 0) is 18.2 Å². The molecule has 130 valence electrons. The second-order valence-electron chi connectivity index (χ2n) is 5.76. The van der Waals surface area contributed by atoms with E-state index in [2.05, 4.69) is 10.6 Å². The van der Waals surface area contributed by atoms with Crippen LogP contribution in [0.1, 0.15) is 11.7 Å². The summed E-state index contributed by atoms with van der Waals surface area (Å²) in [5.41, 5.74) is 2.40. The molecule has 0 saturated heterocycles. The molecule has 6 heteroatoms. The maximum absolute atomic E-state index is 12.1. The molecule has 1 atom stereocenters. The van der Waals surface area contributed by atoms with Crippen LogP contribution in [0.3, 0.4) is 0 Å². The van der Waals surface area contributed by atoms with Crippen LogP contribution in [-0.2, 0) is 7.05 Å². The van der Waals surface area contributed by atoms with Gasteiger partial charge in [0.15, 0.2) is 0 Å². The number of methoxy groups -OCH3 is 1. The molecule has 0 saturated carbocycles. The van der Waals surface area contributed by atoms with Crippen molar-refractivity contribution in [3.05, 3.63) is 60.3 Å². The Morgan fingerprint density at radius 3 is 2.72 bits per heavy atom. The van der Waals surface area contributed by atoms with E-state index in [4.69, 9.17) is 4.74 Å². The number of hydrogen-bond acceptors (Lipinski definition) is 3. The van der Waals surface area contributed by atoms with Gasteiger partial charge >= 0.3 is 6.03 Å². The van der Waals surface area contributed by atoms with Gasteiger partial charge < -0.3 is 25.0 Å². The van der Waals surface area contributed by atoms with Gasteiger partial charge in [-0.15, -0.1) is 0 Å². The van der Waals surface area contributed by atoms with Crippen molar-refractivity contribution in [3.63, 3.8) is 0 Å². The van der Waals surface area contributed by atoms with E-state index in [1.807, 2.05) is 54.2 Å². The summed E-state index contributed by atoms with van der Waals surface area (Å²) in [7, 11) is 3.48. The average molecular weight is 339 g/mol. The van der Waals surface area contributed by atoms with Gasteiger partial charge in [0.2, 0.25) is 0 Å². The van der Waals surface area contributed by atoms with Gasteiger partial charge in [-0.25, -0.2) is 4.79 Å². The third-order valence-corrected chi connectivity index (χ3v) is 4.10. The van der Waals surface area contributed by atoms with Crippen LogP contribution in [-0.4, -0.2) is 29.4 Å². The lowest BCUT2D eigenvalue weighted by Gasteiger charge is -2.13. The van der Waals surface area contributed by atoms with E-state index in [1.165, 1.54) is 0 Å². The Balaban J connectivity index is 1.65. The third kappa shape index (κ3) is 3.59. The summed E-state index contributed by atoms with van der Waals surface area (Å²) < 4.78 is 7.16. The summed E-state index contributed by atoms with van der Waals surface area (Å²) in [6.45, 7) is 0.106. The van der Waals surface area contributed by atoms with Gasteiger partial charge in [-0.3, -0.25) is 0 Å². The number of ether oxygens (including phenoxy) is 1. The molecule has 0 unspecified atom stereocenters. The van der Waals surface area contributed by atoms with Crippen molar-refractivity contribution in [1.82, 2.24) is 9.88 Å². The Hall–Kier alpha value is -2.99. The van der Waals surface area contributed by atoms with Crippen molar-refractivity contribution in [2.75, 3.05) is 19.0 Å². The molecule has 0 fully saturated rings. The third-order valence-electron chi connectivity index (χ3n) is 4.10. The van der Waals surface area contributed by atoms with E-state index < -0.39 is 12.1 Å². The minimum atomic E-state index is -0.797. The number of hydrogen-bond donors (Lipinski definition) is 3. The van der Waals surface area contributed by atoms with Crippen LogP contribution < -0.4 is 15.4 Å². The Kier molecular flexibility index (Phi) is 4.90. The van der Waals surface area contributed by atoms with Gasteiger partial charge in [-0.2, -0.15) is 0 Å². The number of nitrogens with one attached hydrogen (secondary N) is 2. The Labute approximate surface area is 146 Å². The van der Waals surface area contributed by atoms with Crippen molar-refractivity contribution in [1.29, 1.82) is 0 Å². The second-order valence-corrected chi connectivity index (χ2v) is 5.76. The Bertz CT molecular complexity index is 889. The number of urea groups is 1. The molecule has 0 spiro atoms. The summed E-state index contributed by atoms with van der Waals surface area (Å²) >= 11 is 0. The van der Waals surface area contributed by atoms with Crippen LogP contribution in [0.5, 0.6) is 5.75 Å². The van der Waals surface area contributed by atoms with Gasteiger partial charge in [0.05, 0.1) is 18.9 Å². The van der Waals surface area contributed by atoms with Crippen LogP contribution in [0.4, 0.5) is 10.5 Å². The molecule has 3 aromatic rings. The zero-order chi connectivity index (χ0) is 17.8. The first kappa shape index (κ1) is 16.9. The fraction of sp³-hybridized carbons (Fsp3) is 0.211. The van der Waals surface area contributed by atoms with E-state index in [-0.39, 0.29) is 6.54 Å². The normalized spacial score (nSPS) is 12.0. The topological polar surface area (TPSA) is 75.5 Å². The van der Waals surface area contributed by atoms with Crippen molar-refractivity contribution < 1.29 is 14.6 Å². The number of aliphatic hydroxyl groups excluding tert-OH is 1. The standard InChI is InChI=1S/C19H21N3O3/c1-22-12-14(13-7-3-5-9-16(13)22)17(23)11-20-19(24)21-15-8-4-6-10-18(15)25-2/h3-10,12,17,23H,11H2,1-2H3,(H2,20,21,24)/t17-/m0/s1. The molecule has 1 aromatic heterocycles. The van der Waals surface area contributed by atoms with Crippen LogP contribution in [0.15, 0.2) is 54.7 Å². The second kappa shape index (κ2) is 7.27. The number of amides is 2. The lowest BCUT2D eigenvalue weighted by molar-refractivity contribution is 0.176. The average Bonchev–Trinajstić information content (AvgIpc) is 2.97. The number of aryl methyl sites for hydroxylation is 1. The number of aliphatic hydroxyl groups is 1. The van der Waals surface area contributed by atoms with Gasteiger partial charge in [-0.1, -0.05) is 30.3 Å². The largest absolute Gasteiger partial charge is 0.495 e. The molecule has 3 rings (SSSR count). The smallest absolute Gasteiger partial charge is 0.319 e. The molecule has 0 aliphatic carbocycles. The quantitative estimate of drug-likeness (QED) is 0.669. The fourth-order valence-electron chi connectivity index (χ4n) is 2.85. The van der Waals surface area contributed by atoms with Crippen LogP contribution in [0, 0.1) is 0 Å². The number of para-hydroxylation sites is 3. The lowest BCUT2D eigenvalue weighted by atomic mass is 10.1. The zero-order valence-electron chi connectivity index (χ0n) is 14.2. The molecule has 3 N–H and O–H groups in total. The first-order valence-corrected chi connectivity index (χ1v) is 8.00. The molecule has 0 aliphatic heterocycles. The van der Waals surface area contributed by atoms with E-state index in [1.54, 1.807) is 19.2 Å². The SMILES string of the molecule is COc1ccccc1NC(=O)NC[C@H](O)c1cn(C)c2ccccc12. The molecular formula is C19H21N3O3. The number of benzene rings is 2. The molecule has 0 aliphatic rings. The number of carbonyl (C=O) groups excluding carboxylic acids is 1. The number of carbonyl (C=O) groups is 1. The van der Waals surface area contributed by atoms with Crippen LogP contribution in [0.2, 0.25) is 0 Å². The van der Waals surface area contributed by atoms with Gasteiger partial charge in [0, 0.05) is 36.3 Å². The van der Waals surface area contributed by atoms with Gasteiger partial charge in [0.1, 0.15) is 5.75 Å². The molecule has 2 amide bonds. The minimum absolute atomic E-state index is 0.106. The number of aromatic nitrogens is 1. The van der Waals surface area contributed by atoms with Crippen molar-refractivity contribution >= 4 is 22.6 Å². The van der Waals surface area contributed by atoms with Crippen LogP contribution in [0.25, 0.3) is 10.9 Å². The van der Waals surface area contributed by atoms with E-state index in [0.29, 0.717) is 11.4 Å². The summed E-state index contributed by atoms with van der Waals surface area (Å²) in [6, 6.07) is 14.6. The Morgan fingerprint density at radius 2 is 1.92 bits per heavy atom. The summed E-state index contributed by atoms with van der Waals surface area (Å²) in [6.07, 6.45) is 1.09. The molecule has 0 radical (unpaired) electrons. The lowest BCUT2D eigenvalue weighted by Crippen LogP contribution is -2.32.